The molecule has 1 rings (SSSR count). The molecular weight excluding hydrogens is 210 g/mol. The zero-order chi connectivity index (χ0) is 12.7. The van der Waals surface area contributed by atoms with E-state index in [2.05, 4.69) is 38.2 Å². The van der Waals surface area contributed by atoms with Gasteiger partial charge in [0.05, 0.1) is 12.1 Å². The lowest BCUT2D eigenvalue weighted by Crippen LogP contribution is -2.49. The lowest BCUT2D eigenvalue weighted by Gasteiger charge is -2.36. The molecule has 0 aromatic heterocycles. The van der Waals surface area contributed by atoms with E-state index in [4.69, 9.17) is 0 Å². The Morgan fingerprint density at radius 1 is 1.24 bits per heavy atom. The molecule has 0 saturated carbocycles. The van der Waals surface area contributed by atoms with Crippen molar-refractivity contribution in [1.82, 2.24) is 5.32 Å². The minimum absolute atomic E-state index is 0.148. The molecule has 0 fully saturated rings. The number of benzene rings is 1. The minimum Gasteiger partial charge on any atom is -0.394 e. The molecule has 0 aliphatic carbocycles. The van der Waals surface area contributed by atoms with E-state index in [1.54, 1.807) is 0 Å². The van der Waals surface area contributed by atoms with E-state index in [-0.39, 0.29) is 12.1 Å². The normalized spacial score (nSPS) is 16.5. The lowest BCUT2D eigenvalue weighted by atomic mass is 9.85. The van der Waals surface area contributed by atoms with Gasteiger partial charge in [-0.1, -0.05) is 50.6 Å². The van der Waals surface area contributed by atoms with Gasteiger partial charge >= 0.3 is 0 Å². The van der Waals surface area contributed by atoms with Crippen molar-refractivity contribution >= 4 is 0 Å². The predicted molar refractivity (Wildman–Crippen MR) is 73.0 cm³/mol. The van der Waals surface area contributed by atoms with Crippen molar-refractivity contribution in [2.75, 3.05) is 6.61 Å². The smallest absolute Gasteiger partial charge is 0.0671 e. The molecule has 0 aliphatic heterocycles. The first-order valence-electron chi connectivity index (χ1n) is 6.62. The maximum atomic E-state index is 9.84. The highest BCUT2D eigenvalue weighted by Gasteiger charge is 2.31. The monoisotopic (exact) mass is 235 g/mol. The van der Waals surface area contributed by atoms with E-state index in [1.165, 1.54) is 5.56 Å². The van der Waals surface area contributed by atoms with Gasteiger partial charge < -0.3 is 10.4 Å². The molecule has 0 heterocycles. The third kappa shape index (κ3) is 3.55. The lowest BCUT2D eigenvalue weighted by molar-refractivity contribution is 0.137. The number of aliphatic hydroxyl groups is 1. The molecule has 2 N–H and O–H groups in total. The zero-order valence-electron chi connectivity index (χ0n) is 11.2. The third-order valence-corrected chi connectivity index (χ3v) is 3.41. The first-order valence-corrected chi connectivity index (χ1v) is 6.62. The van der Waals surface area contributed by atoms with Crippen molar-refractivity contribution in [2.45, 2.75) is 51.6 Å². The number of hydrogen-bond donors (Lipinski definition) is 2. The summed E-state index contributed by atoms with van der Waals surface area (Å²) in [6.45, 7) is 6.64. The van der Waals surface area contributed by atoms with Crippen molar-refractivity contribution in [1.29, 1.82) is 0 Å². The van der Waals surface area contributed by atoms with Gasteiger partial charge in [0.2, 0.25) is 0 Å². The molecule has 0 spiro atoms. The van der Waals surface area contributed by atoms with Gasteiger partial charge in [-0.15, -0.1) is 0 Å². The highest BCUT2D eigenvalue weighted by Crippen LogP contribution is 2.27. The van der Waals surface area contributed by atoms with Gasteiger partial charge in [-0.3, -0.25) is 0 Å². The fourth-order valence-corrected chi connectivity index (χ4v) is 2.27. The van der Waals surface area contributed by atoms with Crippen LogP contribution in [0.3, 0.4) is 0 Å². The van der Waals surface area contributed by atoms with Crippen molar-refractivity contribution < 1.29 is 5.11 Å². The van der Waals surface area contributed by atoms with E-state index >= 15 is 0 Å². The predicted octanol–water partition coefficient (Wildman–Crippen LogP) is 3.06. The standard InChI is InChI=1S/C15H25NO/c1-4-11-15(12-17,16-13(3)5-2)14-9-7-6-8-10-14/h6-10,13,16-17H,4-5,11-12H2,1-3H3. The van der Waals surface area contributed by atoms with E-state index in [9.17, 15) is 5.11 Å². The first kappa shape index (κ1) is 14.2. The average molecular weight is 235 g/mol. The van der Waals surface area contributed by atoms with Crippen LogP contribution in [0.4, 0.5) is 0 Å². The molecule has 17 heavy (non-hydrogen) atoms. The number of nitrogens with one attached hydrogen (secondary N) is 1. The zero-order valence-corrected chi connectivity index (χ0v) is 11.2. The summed E-state index contributed by atoms with van der Waals surface area (Å²) in [5.74, 6) is 0. The van der Waals surface area contributed by atoms with Crippen LogP contribution in [0.15, 0.2) is 30.3 Å². The molecule has 2 nitrogen and oxygen atoms in total. The summed E-state index contributed by atoms with van der Waals surface area (Å²) in [5, 5.41) is 13.4. The maximum absolute atomic E-state index is 9.84. The Bertz CT molecular complexity index is 312. The molecule has 2 atom stereocenters. The fourth-order valence-electron chi connectivity index (χ4n) is 2.27. The summed E-state index contributed by atoms with van der Waals surface area (Å²) in [5.41, 5.74) is 0.899. The van der Waals surface area contributed by atoms with Crippen molar-refractivity contribution in [2.24, 2.45) is 0 Å². The molecule has 1 aromatic rings. The van der Waals surface area contributed by atoms with Crippen LogP contribution in [0.2, 0.25) is 0 Å². The Balaban J connectivity index is 2.99. The van der Waals surface area contributed by atoms with Gasteiger partial charge in [0.15, 0.2) is 0 Å². The summed E-state index contributed by atoms with van der Waals surface area (Å²) in [4.78, 5) is 0. The van der Waals surface area contributed by atoms with Crippen LogP contribution in [0.1, 0.15) is 45.6 Å². The number of rotatable bonds is 7. The van der Waals surface area contributed by atoms with Gasteiger partial charge in [0.25, 0.3) is 0 Å². The second kappa shape index (κ2) is 6.77. The van der Waals surface area contributed by atoms with Crippen LogP contribution in [0, 0.1) is 0 Å². The topological polar surface area (TPSA) is 32.3 Å². The Morgan fingerprint density at radius 3 is 2.35 bits per heavy atom. The van der Waals surface area contributed by atoms with E-state index in [1.807, 2.05) is 18.2 Å². The van der Waals surface area contributed by atoms with Crippen LogP contribution >= 0.6 is 0 Å². The van der Waals surface area contributed by atoms with Gasteiger partial charge in [-0.25, -0.2) is 0 Å². The molecule has 0 bridgehead atoms. The Labute approximate surface area is 105 Å². The van der Waals surface area contributed by atoms with E-state index in [0.717, 1.165) is 19.3 Å². The van der Waals surface area contributed by atoms with Crippen LogP contribution in [0.25, 0.3) is 0 Å². The van der Waals surface area contributed by atoms with Crippen LogP contribution in [-0.2, 0) is 5.54 Å². The molecule has 0 saturated heterocycles. The van der Waals surface area contributed by atoms with Gasteiger partial charge in [-0.05, 0) is 25.3 Å². The van der Waals surface area contributed by atoms with Crippen molar-refractivity contribution in [3.05, 3.63) is 35.9 Å². The second-order valence-electron chi connectivity index (χ2n) is 4.81. The van der Waals surface area contributed by atoms with E-state index < -0.39 is 0 Å². The van der Waals surface area contributed by atoms with Crippen LogP contribution in [0.5, 0.6) is 0 Å². The summed E-state index contributed by atoms with van der Waals surface area (Å²) in [6, 6.07) is 10.7. The average Bonchev–Trinajstić information content (AvgIpc) is 2.39. The van der Waals surface area contributed by atoms with Crippen molar-refractivity contribution in [3.63, 3.8) is 0 Å². The van der Waals surface area contributed by atoms with Crippen LogP contribution < -0.4 is 5.32 Å². The third-order valence-electron chi connectivity index (χ3n) is 3.41. The minimum atomic E-state index is -0.286. The van der Waals surface area contributed by atoms with Crippen LogP contribution in [-0.4, -0.2) is 17.8 Å². The molecular formula is C15H25NO. The molecule has 2 unspecified atom stereocenters. The number of aliphatic hydroxyl groups excluding tert-OH is 1. The molecule has 96 valence electrons. The van der Waals surface area contributed by atoms with Gasteiger partial charge in [0.1, 0.15) is 0 Å². The van der Waals surface area contributed by atoms with E-state index in [0.29, 0.717) is 6.04 Å². The Kier molecular flexibility index (Phi) is 5.66. The SMILES string of the molecule is CCCC(CO)(NC(C)CC)c1ccccc1. The maximum Gasteiger partial charge on any atom is 0.0671 e. The largest absolute Gasteiger partial charge is 0.394 e. The van der Waals surface area contributed by atoms with Gasteiger partial charge in [-0.2, -0.15) is 0 Å². The number of hydrogen-bond acceptors (Lipinski definition) is 2. The Hall–Kier alpha value is -0.860. The quantitative estimate of drug-likeness (QED) is 0.761. The second-order valence-corrected chi connectivity index (χ2v) is 4.81. The molecule has 1 aromatic carbocycles. The molecule has 2 heteroatoms. The highest BCUT2D eigenvalue weighted by molar-refractivity contribution is 5.25. The highest BCUT2D eigenvalue weighted by atomic mass is 16.3. The first-order chi connectivity index (χ1) is 8.18. The Morgan fingerprint density at radius 2 is 1.88 bits per heavy atom. The summed E-state index contributed by atoms with van der Waals surface area (Å²) >= 11 is 0. The van der Waals surface area contributed by atoms with Gasteiger partial charge in [0, 0.05) is 6.04 Å². The molecule has 0 amide bonds. The molecule has 0 radical (unpaired) electrons. The fraction of sp³-hybridized carbons (Fsp3) is 0.600. The molecule has 0 aliphatic rings. The summed E-state index contributed by atoms with van der Waals surface area (Å²) in [6.07, 6.45) is 3.08. The van der Waals surface area contributed by atoms with Crippen molar-refractivity contribution in [3.8, 4) is 0 Å². The summed E-state index contributed by atoms with van der Waals surface area (Å²) < 4.78 is 0. The summed E-state index contributed by atoms with van der Waals surface area (Å²) in [7, 11) is 0.